The van der Waals surface area contributed by atoms with Gasteiger partial charge < -0.3 is 4.90 Å². The van der Waals surface area contributed by atoms with Crippen molar-refractivity contribution >= 4 is 55.0 Å². The van der Waals surface area contributed by atoms with Crippen LogP contribution in [0.3, 0.4) is 0 Å². The second-order valence-corrected chi connectivity index (χ2v) is 12.1. The Bertz CT molecular complexity index is 2320. The fourth-order valence-electron chi connectivity index (χ4n) is 6.97. The standard InChI is InChI=1S/C46H35N/c1-2-33(32-45-42-22-9-7-17-38(42)30-39-18-8-10-23-43(39)45)35-26-28-40(29-27-35)47(46-25-13-19-36-16-6-11-24-44(36)46)41-21-12-20-37(31-41)34-14-4-3-5-15-34/h2-31H,32H2,1H3/b33-2-. The lowest BCUT2D eigenvalue weighted by Gasteiger charge is -2.27. The average molecular weight is 602 g/mol. The Hall–Kier alpha value is -5.92. The Morgan fingerprint density at radius 1 is 0.468 bits per heavy atom. The van der Waals surface area contributed by atoms with E-state index in [9.17, 15) is 0 Å². The first-order valence-corrected chi connectivity index (χ1v) is 16.4. The van der Waals surface area contributed by atoms with Crippen LogP contribution in [0.15, 0.2) is 182 Å². The van der Waals surface area contributed by atoms with Crippen LogP contribution in [-0.4, -0.2) is 0 Å². The summed E-state index contributed by atoms with van der Waals surface area (Å²) in [5.41, 5.74) is 9.76. The van der Waals surface area contributed by atoms with Crippen molar-refractivity contribution in [2.45, 2.75) is 13.3 Å². The lowest BCUT2D eigenvalue weighted by Crippen LogP contribution is -2.10. The molecule has 0 radical (unpaired) electrons. The number of nitrogens with zero attached hydrogens (tertiary/aromatic N) is 1. The van der Waals surface area contributed by atoms with E-state index in [4.69, 9.17) is 0 Å². The number of benzene rings is 8. The normalized spacial score (nSPS) is 11.7. The van der Waals surface area contributed by atoms with Crippen LogP contribution in [0.5, 0.6) is 0 Å². The topological polar surface area (TPSA) is 3.24 Å². The number of allylic oxidation sites excluding steroid dienone is 2. The van der Waals surface area contributed by atoms with Gasteiger partial charge in [-0.05, 0) is 105 Å². The van der Waals surface area contributed by atoms with Gasteiger partial charge in [0.15, 0.2) is 0 Å². The van der Waals surface area contributed by atoms with E-state index in [0.717, 1.165) is 23.5 Å². The van der Waals surface area contributed by atoms with Crippen molar-refractivity contribution in [1.82, 2.24) is 0 Å². The first-order valence-electron chi connectivity index (χ1n) is 16.4. The molecule has 0 N–H and O–H groups in total. The molecule has 0 fully saturated rings. The van der Waals surface area contributed by atoms with Crippen LogP contribution in [0.1, 0.15) is 18.1 Å². The fourth-order valence-corrected chi connectivity index (χ4v) is 6.97. The van der Waals surface area contributed by atoms with E-state index in [0.29, 0.717) is 0 Å². The Morgan fingerprint density at radius 3 is 1.74 bits per heavy atom. The zero-order valence-corrected chi connectivity index (χ0v) is 26.5. The van der Waals surface area contributed by atoms with Crippen LogP contribution >= 0.6 is 0 Å². The Balaban J connectivity index is 1.22. The van der Waals surface area contributed by atoms with Crippen LogP contribution in [0, 0.1) is 0 Å². The minimum Gasteiger partial charge on any atom is -0.310 e. The molecule has 0 saturated heterocycles. The molecule has 0 atom stereocenters. The van der Waals surface area contributed by atoms with Gasteiger partial charge in [-0.1, -0.05) is 146 Å². The molecule has 0 aliphatic rings. The third-order valence-electron chi connectivity index (χ3n) is 9.31. The molecule has 0 aliphatic carbocycles. The summed E-state index contributed by atoms with van der Waals surface area (Å²) in [4.78, 5) is 2.39. The minimum absolute atomic E-state index is 0.865. The SMILES string of the molecule is C/C=C(/Cc1c2ccccc2cc2ccccc12)c1ccc(N(c2cccc(-c3ccccc3)c2)c2cccc3ccccc23)cc1. The summed E-state index contributed by atoms with van der Waals surface area (Å²) >= 11 is 0. The van der Waals surface area contributed by atoms with E-state index < -0.39 is 0 Å². The van der Waals surface area contributed by atoms with Crippen molar-refractivity contribution in [1.29, 1.82) is 0 Å². The lowest BCUT2D eigenvalue weighted by molar-refractivity contribution is 1.28. The average Bonchev–Trinajstić information content (AvgIpc) is 3.14. The number of hydrogen-bond acceptors (Lipinski definition) is 1. The van der Waals surface area contributed by atoms with Crippen molar-refractivity contribution in [2.24, 2.45) is 0 Å². The van der Waals surface area contributed by atoms with Gasteiger partial charge in [-0.3, -0.25) is 0 Å². The summed E-state index contributed by atoms with van der Waals surface area (Å²) in [7, 11) is 0. The molecule has 0 unspecified atom stereocenters. The van der Waals surface area contributed by atoms with E-state index in [-0.39, 0.29) is 0 Å². The molecule has 0 spiro atoms. The molecule has 8 rings (SSSR count). The van der Waals surface area contributed by atoms with E-state index in [2.05, 4.69) is 194 Å². The van der Waals surface area contributed by atoms with E-state index in [1.165, 1.54) is 60.1 Å². The van der Waals surface area contributed by atoms with Gasteiger partial charge in [0.25, 0.3) is 0 Å². The molecule has 8 aromatic carbocycles. The smallest absolute Gasteiger partial charge is 0.0540 e. The second kappa shape index (κ2) is 12.5. The molecule has 0 bridgehead atoms. The van der Waals surface area contributed by atoms with E-state index in [1.54, 1.807) is 0 Å². The van der Waals surface area contributed by atoms with Crippen LogP contribution in [0.25, 0.3) is 49.0 Å². The molecular weight excluding hydrogens is 567 g/mol. The molecular formula is C46H35N. The number of rotatable bonds is 7. The summed E-state index contributed by atoms with van der Waals surface area (Å²) in [5.74, 6) is 0. The van der Waals surface area contributed by atoms with Gasteiger partial charge in [0, 0.05) is 16.8 Å². The number of anilines is 3. The largest absolute Gasteiger partial charge is 0.310 e. The highest BCUT2D eigenvalue weighted by molar-refractivity contribution is 6.03. The summed E-state index contributed by atoms with van der Waals surface area (Å²) in [6, 6.07) is 63.7. The molecule has 0 aliphatic heterocycles. The Morgan fingerprint density at radius 2 is 1.04 bits per heavy atom. The van der Waals surface area contributed by atoms with Crippen molar-refractivity contribution < 1.29 is 0 Å². The quantitative estimate of drug-likeness (QED) is 0.164. The molecule has 1 nitrogen and oxygen atoms in total. The zero-order valence-electron chi connectivity index (χ0n) is 26.5. The van der Waals surface area contributed by atoms with Gasteiger partial charge in [0.05, 0.1) is 5.69 Å². The molecule has 1 heteroatoms. The summed E-state index contributed by atoms with van der Waals surface area (Å²) in [6.07, 6.45) is 3.14. The van der Waals surface area contributed by atoms with Crippen molar-refractivity contribution in [2.75, 3.05) is 4.90 Å². The molecule has 0 heterocycles. The third-order valence-corrected chi connectivity index (χ3v) is 9.31. The van der Waals surface area contributed by atoms with Gasteiger partial charge in [-0.25, -0.2) is 0 Å². The molecule has 224 valence electrons. The lowest BCUT2D eigenvalue weighted by atomic mass is 9.90. The van der Waals surface area contributed by atoms with Gasteiger partial charge in [-0.15, -0.1) is 0 Å². The highest BCUT2D eigenvalue weighted by Crippen LogP contribution is 2.41. The molecule has 47 heavy (non-hydrogen) atoms. The maximum Gasteiger partial charge on any atom is 0.0540 e. The molecule has 0 amide bonds. The van der Waals surface area contributed by atoms with Gasteiger partial charge in [0.2, 0.25) is 0 Å². The minimum atomic E-state index is 0.865. The van der Waals surface area contributed by atoms with E-state index in [1.807, 2.05) is 0 Å². The first kappa shape index (κ1) is 28.5. The van der Waals surface area contributed by atoms with Gasteiger partial charge in [-0.2, -0.15) is 0 Å². The maximum atomic E-state index is 2.39. The highest BCUT2D eigenvalue weighted by Gasteiger charge is 2.17. The summed E-state index contributed by atoms with van der Waals surface area (Å²) in [6.45, 7) is 2.16. The predicted octanol–water partition coefficient (Wildman–Crippen LogP) is 12.9. The molecule has 8 aromatic rings. The molecule has 0 saturated carbocycles. The third kappa shape index (κ3) is 5.47. The number of fused-ring (bicyclic) bond motifs is 3. The fraction of sp³-hybridized carbons (Fsp3) is 0.0435. The Labute approximate surface area is 276 Å². The van der Waals surface area contributed by atoms with Crippen LogP contribution < -0.4 is 4.90 Å². The van der Waals surface area contributed by atoms with Crippen molar-refractivity contribution in [3.63, 3.8) is 0 Å². The first-order chi connectivity index (χ1) is 23.3. The second-order valence-electron chi connectivity index (χ2n) is 12.1. The van der Waals surface area contributed by atoms with Crippen molar-refractivity contribution in [3.8, 4) is 11.1 Å². The van der Waals surface area contributed by atoms with E-state index >= 15 is 0 Å². The molecule has 0 aromatic heterocycles. The zero-order chi connectivity index (χ0) is 31.6. The Kier molecular flexibility index (Phi) is 7.57. The monoisotopic (exact) mass is 601 g/mol. The number of hydrogen-bond donors (Lipinski definition) is 0. The predicted molar refractivity (Wildman–Crippen MR) is 203 cm³/mol. The van der Waals surface area contributed by atoms with Crippen LogP contribution in [-0.2, 0) is 6.42 Å². The maximum absolute atomic E-state index is 2.39. The summed E-state index contributed by atoms with van der Waals surface area (Å²) in [5, 5.41) is 7.67. The van der Waals surface area contributed by atoms with Gasteiger partial charge in [0.1, 0.15) is 0 Å². The van der Waals surface area contributed by atoms with Crippen molar-refractivity contribution in [3.05, 3.63) is 193 Å². The van der Waals surface area contributed by atoms with Crippen LogP contribution in [0.4, 0.5) is 17.1 Å². The highest BCUT2D eigenvalue weighted by atomic mass is 15.1. The van der Waals surface area contributed by atoms with Crippen LogP contribution in [0.2, 0.25) is 0 Å². The summed E-state index contributed by atoms with van der Waals surface area (Å²) < 4.78 is 0. The van der Waals surface area contributed by atoms with Gasteiger partial charge >= 0.3 is 0 Å².